The summed E-state index contributed by atoms with van der Waals surface area (Å²) >= 11 is 5.66. The van der Waals surface area contributed by atoms with Crippen LogP contribution in [-0.2, 0) is 4.79 Å². The molecule has 0 aliphatic rings. The zero-order valence-corrected chi connectivity index (χ0v) is 9.01. The number of nitrogens with one attached hydrogen (secondary N) is 2. The monoisotopic (exact) mass is 222 g/mol. The van der Waals surface area contributed by atoms with Gasteiger partial charge in [-0.25, -0.2) is 0 Å². The van der Waals surface area contributed by atoms with E-state index in [2.05, 4.69) is 10.3 Å². The number of fused-ring (bicyclic) bond motifs is 1. The number of hydrogen-bond donors (Lipinski definition) is 2. The molecule has 1 aromatic heterocycles. The molecule has 0 aliphatic heterocycles. The standard InChI is InChI=1S/C11H11ClN2O/c1-7(12)11(15)14-9-3-2-8-4-5-13-10(8)6-9/h2-7,13H,1H3,(H,14,15). The molecule has 0 aliphatic carbocycles. The third-order valence-corrected chi connectivity index (χ3v) is 2.38. The van der Waals surface area contributed by atoms with Gasteiger partial charge in [-0.3, -0.25) is 4.79 Å². The van der Waals surface area contributed by atoms with Crippen LogP contribution in [0.15, 0.2) is 30.5 Å². The van der Waals surface area contributed by atoms with Crippen LogP contribution >= 0.6 is 11.6 Å². The number of amides is 1. The Labute approximate surface area is 92.4 Å². The number of rotatable bonds is 2. The minimum atomic E-state index is -0.524. The normalized spacial score (nSPS) is 12.7. The minimum Gasteiger partial charge on any atom is -0.361 e. The van der Waals surface area contributed by atoms with Crippen LogP contribution < -0.4 is 5.32 Å². The molecule has 2 aromatic rings. The molecule has 1 aromatic carbocycles. The van der Waals surface area contributed by atoms with E-state index < -0.39 is 5.38 Å². The topological polar surface area (TPSA) is 44.9 Å². The van der Waals surface area contributed by atoms with Crippen molar-refractivity contribution in [2.24, 2.45) is 0 Å². The Balaban J connectivity index is 2.25. The predicted octanol–water partition coefficient (Wildman–Crippen LogP) is 2.73. The van der Waals surface area contributed by atoms with Crippen molar-refractivity contribution < 1.29 is 4.79 Å². The van der Waals surface area contributed by atoms with Crippen molar-refractivity contribution in [1.29, 1.82) is 0 Å². The zero-order valence-electron chi connectivity index (χ0n) is 8.25. The molecule has 2 N–H and O–H groups in total. The molecule has 1 amide bonds. The van der Waals surface area contributed by atoms with Gasteiger partial charge < -0.3 is 10.3 Å². The molecule has 3 nitrogen and oxygen atoms in total. The Hall–Kier alpha value is -1.48. The van der Waals surface area contributed by atoms with Gasteiger partial charge in [-0.15, -0.1) is 11.6 Å². The second kappa shape index (κ2) is 3.95. The summed E-state index contributed by atoms with van der Waals surface area (Å²) in [6, 6.07) is 7.66. The largest absolute Gasteiger partial charge is 0.361 e. The molecule has 1 atom stereocenters. The molecule has 1 heterocycles. The molecule has 4 heteroatoms. The number of aromatic nitrogens is 1. The number of halogens is 1. The van der Waals surface area contributed by atoms with Gasteiger partial charge in [-0.2, -0.15) is 0 Å². The highest BCUT2D eigenvalue weighted by Gasteiger charge is 2.09. The average Bonchev–Trinajstić information content (AvgIpc) is 2.64. The first-order chi connectivity index (χ1) is 7.16. The van der Waals surface area contributed by atoms with Gasteiger partial charge in [-0.05, 0) is 30.5 Å². The van der Waals surface area contributed by atoms with Gasteiger partial charge in [0.2, 0.25) is 5.91 Å². The minimum absolute atomic E-state index is 0.192. The summed E-state index contributed by atoms with van der Waals surface area (Å²) in [5.41, 5.74) is 1.75. The second-order valence-electron chi connectivity index (χ2n) is 3.38. The van der Waals surface area contributed by atoms with Crippen LogP contribution in [0.3, 0.4) is 0 Å². The van der Waals surface area contributed by atoms with E-state index in [4.69, 9.17) is 11.6 Å². The Morgan fingerprint density at radius 3 is 3.00 bits per heavy atom. The summed E-state index contributed by atoms with van der Waals surface area (Å²) < 4.78 is 0. The van der Waals surface area contributed by atoms with E-state index in [-0.39, 0.29) is 5.91 Å². The number of hydrogen-bond acceptors (Lipinski definition) is 1. The lowest BCUT2D eigenvalue weighted by atomic mass is 10.2. The number of anilines is 1. The maximum Gasteiger partial charge on any atom is 0.242 e. The third-order valence-electron chi connectivity index (χ3n) is 2.18. The smallest absolute Gasteiger partial charge is 0.242 e. The molecule has 0 bridgehead atoms. The van der Waals surface area contributed by atoms with E-state index in [1.807, 2.05) is 30.5 Å². The van der Waals surface area contributed by atoms with E-state index in [0.717, 1.165) is 16.6 Å². The number of H-pyrrole nitrogens is 1. The van der Waals surface area contributed by atoms with Gasteiger partial charge >= 0.3 is 0 Å². The van der Waals surface area contributed by atoms with Gasteiger partial charge in [0.25, 0.3) is 0 Å². The highest BCUT2D eigenvalue weighted by molar-refractivity contribution is 6.32. The number of carbonyl (C=O) groups is 1. The van der Waals surface area contributed by atoms with Crippen molar-refractivity contribution >= 4 is 34.1 Å². The molecule has 0 radical (unpaired) electrons. The lowest BCUT2D eigenvalue weighted by molar-refractivity contribution is -0.115. The van der Waals surface area contributed by atoms with E-state index in [9.17, 15) is 4.79 Å². The quantitative estimate of drug-likeness (QED) is 0.754. The lowest BCUT2D eigenvalue weighted by Crippen LogP contribution is -2.20. The molecule has 1 unspecified atom stereocenters. The van der Waals surface area contributed by atoms with Gasteiger partial charge in [0.15, 0.2) is 0 Å². The Kier molecular flexibility index (Phi) is 2.64. The van der Waals surface area contributed by atoms with E-state index in [1.54, 1.807) is 6.92 Å². The molecule has 78 valence electrons. The SMILES string of the molecule is CC(Cl)C(=O)Nc1ccc2cc[nH]c2c1. The number of aromatic amines is 1. The fourth-order valence-corrected chi connectivity index (χ4v) is 1.42. The summed E-state index contributed by atoms with van der Waals surface area (Å²) in [5.74, 6) is -0.192. The van der Waals surface area contributed by atoms with Crippen molar-refractivity contribution in [3.63, 3.8) is 0 Å². The fourth-order valence-electron chi connectivity index (χ4n) is 1.37. The van der Waals surface area contributed by atoms with E-state index in [1.165, 1.54) is 0 Å². The number of carbonyl (C=O) groups excluding carboxylic acids is 1. The highest BCUT2D eigenvalue weighted by Crippen LogP contribution is 2.17. The summed E-state index contributed by atoms with van der Waals surface area (Å²) in [4.78, 5) is 14.4. The average molecular weight is 223 g/mol. The van der Waals surface area contributed by atoms with Crippen LogP contribution in [0.4, 0.5) is 5.69 Å². The van der Waals surface area contributed by atoms with Crippen molar-refractivity contribution in [1.82, 2.24) is 4.98 Å². The maximum absolute atomic E-state index is 11.3. The second-order valence-corrected chi connectivity index (χ2v) is 4.04. The lowest BCUT2D eigenvalue weighted by Gasteiger charge is -2.06. The van der Waals surface area contributed by atoms with Crippen molar-refractivity contribution in [2.75, 3.05) is 5.32 Å². The van der Waals surface area contributed by atoms with Crippen LogP contribution in [0.1, 0.15) is 6.92 Å². The first kappa shape index (κ1) is 10.1. The first-order valence-corrected chi connectivity index (χ1v) is 5.12. The van der Waals surface area contributed by atoms with Gasteiger partial charge in [0, 0.05) is 17.4 Å². The summed E-state index contributed by atoms with van der Waals surface area (Å²) in [7, 11) is 0. The highest BCUT2D eigenvalue weighted by atomic mass is 35.5. The molecule has 0 spiro atoms. The van der Waals surface area contributed by atoms with Crippen LogP contribution in [0.5, 0.6) is 0 Å². The van der Waals surface area contributed by atoms with Crippen LogP contribution in [0.25, 0.3) is 10.9 Å². The molecule has 2 rings (SSSR count). The van der Waals surface area contributed by atoms with Gasteiger partial charge in [0.1, 0.15) is 5.38 Å². The predicted molar refractivity (Wildman–Crippen MR) is 62.2 cm³/mol. The Morgan fingerprint density at radius 1 is 1.47 bits per heavy atom. The van der Waals surface area contributed by atoms with Crippen LogP contribution in [0, 0.1) is 0 Å². The molecule has 0 saturated carbocycles. The molecular weight excluding hydrogens is 212 g/mol. The third kappa shape index (κ3) is 2.13. The summed E-state index contributed by atoms with van der Waals surface area (Å²) in [6.45, 7) is 1.64. The Morgan fingerprint density at radius 2 is 2.27 bits per heavy atom. The molecule has 0 fully saturated rings. The van der Waals surface area contributed by atoms with Crippen molar-refractivity contribution in [2.45, 2.75) is 12.3 Å². The number of benzene rings is 1. The van der Waals surface area contributed by atoms with Crippen LogP contribution in [0.2, 0.25) is 0 Å². The zero-order chi connectivity index (χ0) is 10.8. The van der Waals surface area contributed by atoms with Gasteiger partial charge in [-0.1, -0.05) is 6.07 Å². The Bertz CT molecular complexity index is 490. The van der Waals surface area contributed by atoms with Gasteiger partial charge in [0.05, 0.1) is 0 Å². The molecule has 15 heavy (non-hydrogen) atoms. The maximum atomic E-state index is 11.3. The van der Waals surface area contributed by atoms with Crippen LogP contribution in [-0.4, -0.2) is 16.3 Å². The first-order valence-electron chi connectivity index (χ1n) is 4.69. The van der Waals surface area contributed by atoms with Crippen molar-refractivity contribution in [3.8, 4) is 0 Å². The van der Waals surface area contributed by atoms with Crippen molar-refractivity contribution in [3.05, 3.63) is 30.5 Å². The molecular formula is C11H11ClN2O. The summed E-state index contributed by atoms with van der Waals surface area (Å²) in [6.07, 6.45) is 1.86. The van der Waals surface area contributed by atoms with E-state index >= 15 is 0 Å². The summed E-state index contributed by atoms with van der Waals surface area (Å²) in [5, 5.41) is 3.33. The number of alkyl halides is 1. The molecule has 0 saturated heterocycles. The fraction of sp³-hybridized carbons (Fsp3) is 0.182. The van der Waals surface area contributed by atoms with E-state index in [0.29, 0.717) is 0 Å².